The predicted molar refractivity (Wildman–Crippen MR) is 65.0 cm³/mol. The highest BCUT2D eigenvalue weighted by molar-refractivity contribution is 9.10. The second-order valence-corrected chi connectivity index (χ2v) is 4.89. The van der Waals surface area contributed by atoms with Gasteiger partial charge in [-0.25, -0.2) is 4.39 Å². The quantitative estimate of drug-likeness (QED) is 0.886. The Labute approximate surface area is 104 Å². The molecule has 0 bridgehead atoms. The molecule has 0 saturated carbocycles. The van der Waals surface area contributed by atoms with Gasteiger partial charge >= 0.3 is 0 Å². The number of halogens is 2. The van der Waals surface area contributed by atoms with Crippen LogP contribution in [0.5, 0.6) is 5.75 Å². The summed E-state index contributed by atoms with van der Waals surface area (Å²) in [6.07, 6.45) is 1.70. The number of aromatic nitrogens is 1. The highest BCUT2D eigenvalue weighted by atomic mass is 79.9. The van der Waals surface area contributed by atoms with Crippen LogP contribution < -0.4 is 10.5 Å². The first kappa shape index (κ1) is 11.3. The third-order valence-electron chi connectivity index (χ3n) is 1.91. The van der Waals surface area contributed by atoms with Crippen LogP contribution in [0.4, 0.5) is 10.1 Å². The molecule has 0 aliphatic carbocycles. The number of nitrogens with zero attached hydrogens (tertiary/aromatic N) is 1. The Morgan fingerprint density at radius 2 is 2.31 bits per heavy atom. The standard InChI is InChI=1S/C10H8BrFN2OS/c11-7-1-9(13)10(2-8(7)12)15-4-6-3-14-5-16-6/h1-3,5H,4,13H2. The molecule has 16 heavy (non-hydrogen) atoms. The molecule has 1 aromatic heterocycles. The number of nitrogens with two attached hydrogens (primary N) is 1. The molecule has 3 nitrogen and oxygen atoms in total. The fraction of sp³-hybridized carbons (Fsp3) is 0.100. The molecule has 0 fully saturated rings. The first-order valence-corrected chi connectivity index (χ1v) is 6.09. The normalized spacial score (nSPS) is 10.4. The van der Waals surface area contributed by atoms with Gasteiger partial charge in [0.2, 0.25) is 0 Å². The van der Waals surface area contributed by atoms with Gasteiger partial charge in [-0.15, -0.1) is 11.3 Å². The number of hydrogen-bond acceptors (Lipinski definition) is 4. The van der Waals surface area contributed by atoms with E-state index in [0.717, 1.165) is 4.88 Å². The van der Waals surface area contributed by atoms with Crippen molar-refractivity contribution in [2.75, 3.05) is 5.73 Å². The van der Waals surface area contributed by atoms with Gasteiger partial charge < -0.3 is 10.5 Å². The molecule has 2 N–H and O–H groups in total. The molecule has 2 rings (SSSR count). The molecule has 0 amide bonds. The lowest BCUT2D eigenvalue weighted by Gasteiger charge is -2.08. The highest BCUT2D eigenvalue weighted by Crippen LogP contribution is 2.29. The molecular formula is C10H8BrFN2OS. The van der Waals surface area contributed by atoms with E-state index in [1.807, 2.05) is 0 Å². The van der Waals surface area contributed by atoms with Crippen LogP contribution in [-0.2, 0) is 6.61 Å². The summed E-state index contributed by atoms with van der Waals surface area (Å²) in [5.41, 5.74) is 7.81. The Bertz CT molecular complexity index is 490. The Morgan fingerprint density at radius 1 is 1.50 bits per heavy atom. The van der Waals surface area contributed by atoms with Gasteiger partial charge in [-0.05, 0) is 22.0 Å². The molecule has 0 radical (unpaired) electrons. The predicted octanol–water partition coefficient (Wildman–Crippen LogP) is 3.21. The van der Waals surface area contributed by atoms with Crippen LogP contribution in [0, 0.1) is 5.82 Å². The monoisotopic (exact) mass is 302 g/mol. The van der Waals surface area contributed by atoms with Gasteiger partial charge in [0.1, 0.15) is 18.2 Å². The number of ether oxygens (including phenoxy) is 1. The molecule has 1 heterocycles. The maximum Gasteiger partial charge on any atom is 0.145 e. The summed E-state index contributed by atoms with van der Waals surface area (Å²) in [7, 11) is 0. The lowest BCUT2D eigenvalue weighted by molar-refractivity contribution is 0.309. The summed E-state index contributed by atoms with van der Waals surface area (Å²) in [5.74, 6) is -0.0531. The fourth-order valence-corrected chi connectivity index (χ4v) is 2.00. The lowest BCUT2D eigenvalue weighted by atomic mass is 10.3. The summed E-state index contributed by atoms with van der Waals surface area (Å²) < 4.78 is 19.0. The first-order valence-electron chi connectivity index (χ1n) is 4.41. The van der Waals surface area contributed by atoms with Crippen molar-refractivity contribution in [1.82, 2.24) is 4.98 Å². The van der Waals surface area contributed by atoms with Crippen molar-refractivity contribution in [3.63, 3.8) is 0 Å². The van der Waals surface area contributed by atoms with Gasteiger partial charge in [-0.1, -0.05) is 0 Å². The smallest absolute Gasteiger partial charge is 0.145 e. The number of rotatable bonds is 3. The fourth-order valence-electron chi connectivity index (χ4n) is 1.13. The van der Waals surface area contributed by atoms with E-state index in [0.29, 0.717) is 22.5 Å². The molecular weight excluding hydrogens is 295 g/mol. The molecule has 0 unspecified atom stereocenters. The number of thiazole rings is 1. The lowest BCUT2D eigenvalue weighted by Crippen LogP contribution is -1.98. The summed E-state index contributed by atoms with van der Waals surface area (Å²) >= 11 is 4.53. The van der Waals surface area contributed by atoms with Gasteiger partial charge in [-0.2, -0.15) is 0 Å². The minimum Gasteiger partial charge on any atom is -0.486 e. The SMILES string of the molecule is Nc1cc(Br)c(F)cc1OCc1cncs1. The van der Waals surface area contributed by atoms with E-state index < -0.39 is 5.82 Å². The molecule has 2 aromatic rings. The summed E-state index contributed by atoms with van der Waals surface area (Å²) in [5, 5.41) is 0. The summed E-state index contributed by atoms with van der Waals surface area (Å²) in [6, 6.07) is 2.75. The minimum atomic E-state index is -0.395. The van der Waals surface area contributed by atoms with Crippen molar-refractivity contribution >= 4 is 33.0 Å². The molecule has 1 aromatic carbocycles. The van der Waals surface area contributed by atoms with Gasteiger partial charge in [0.15, 0.2) is 0 Å². The topological polar surface area (TPSA) is 48.1 Å². The van der Waals surface area contributed by atoms with Crippen LogP contribution in [-0.4, -0.2) is 4.98 Å². The van der Waals surface area contributed by atoms with Crippen LogP contribution in [0.2, 0.25) is 0 Å². The van der Waals surface area contributed by atoms with Gasteiger partial charge in [0.25, 0.3) is 0 Å². The van der Waals surface area contributed by atoms with Crippen molar-refractivity contribution in [1.29, 1.82) is 0 Å². The average Bonchev–Trinajstić information content (AvgIpc) is 2.74. The number of nitrogen functional groups attached to an aromatic ring is 1. The van der Waals surface area contributed by atoms with Crippen LogP contribution in [0.15, 0.2) is 28.3 Å². The van der Waals surface area contributed by atoms with Crippen molar-refractivity contribution in [3.8, 4) is 5.75 Å². The number of anilines is 1. The molecule has 84 valence electrons. The maximum atomic E-state index is 13.2. The Balaban J connectivity index is 2.12. The minimum absolute atomic E-state index is 0.329. The average molecular weight is 303 g/mol. The zero-order chi connectivity index (χ0) is 11.5. The first-order chi connectivity index (χ1) is 7.66. The van der Waals surface area contributed by atoms with E-state index in [1.165, 1.54) is 23.5 Å². The largest absolute Gasteiger partial charge is 0.486 e. The van der Waals surface area contributed by atoms with Crippen molar-refractivity contribution < 1.29 is 9.13 Å². The number of hydrogen-bond donors (Lipinski definition) is 1. The second kappa shape index (κ2) is 4.80. The van der Waals surface area contributed by atoms with Crippen LogP contribution in [0.25, 0.3) is 0 Å². The Kier molecular flexibility index (Phi) is 3.40. The van der Waals surface area contributed by atoms with Gasteiger partial charge in [0, 0.05) is 12.3 Å². The molecule has 0 saturated heterocycles. The molecule has 0 aliphatic rings. The zero-order valence-electron chi connectivity index (χ0n) is 8.11. The van der Waals surface area contributed by atoms with Crippen molar-refractivity contribution in [2.45, 2.75) is 6.61 Å². The third kappa shape index (κ3) is 2.51. The van der Waals surface area contributed by atoms with Crippen LogP contribution >= 0.6 is 27.3 Å². The van der Waals surface area contributed by atoms with E-state index in [9.17, 15) is 4.39 Å². The van der Waals surface area contributed by atoms with Crippen LogP contribution in [0.3, 0.4) is 0 Å². The van der Waals surface area contributed by atoms with E-state index in [2.05, 4.69) is 20.9 Å². The summed E-state index contributed by atoms with van der Waals surface area (Å²) in [6.45, 7) is 0.343. The van der Waals surface area contributed by atoms with Crippen molar-refractivity contribution in [3.05, 3.63) is 39.0 Å². The Hall–Kier alpha value is -1.14. The molecule has 0 atom stereocenters. The molecule has 0 aliphatic heterocycles. The van der Waals surface area contributed by atoms with E-state index in [-0.39, 0.29) is 0 Å². The van der Waals surface area contributed by atoms with E-state index in [4.69, 9.17) is 10.5 Å². The van der Waals surface area contributed by atoms with Gasteiger partial charge in [-0.3, -0.25) is 4.98 Å². The third-order valence-corrected chi connectivity index (χ3v) is 3.27. The molecule has 0 spiro atoms. The Morgan fingerprint density at radius 3 is 3.00 bits per heavy atom. The van der Waals surface area contributed by atoms with Gasteiger partial charge in [0.05, 0.1) is 20.5 Å². The number of benzene rings is 1. The maximum absolute atomic E-state index is 13.2. The highest BCUT2D eigenvalue weighted by Gasteiger charge is 2.07. The second-order valence-electron chi connectivity index (χ2n) is 3.06. The van der Waals surface area contributed by atoms with Crippen LogP contribution in [0.1, 0.15) is 4.88 Å². The molecule has 6 heteroatoms. The van der Waals surface area contributed by atoms with E-state index >= 15 is 0 Å². The zero-order valence-corrected chi connectivity index (χ0v) is 10.5. The summed E-state index contributed by atoms with van der Waals surface area (Å²) in [4.78, 5) is 4.88. The van der Waals surface area contributed by atoms with Crippen molar-refractivity contribution in [2.24, 2.45) is 0 Å². The van der Waals surface area contributed by atoms with E-state index in [1.54, 1.807) is 11.7 Å².